The molecule has 6 nitrogen and oxygen atoms in total. The second-order valence-electron chi connectivity index (χ2n) is 9.94. The first-order valence-corrected chi connectivity index (χ1v) is 17.2. The van der Waals surface area contributed by atoms with Gasteiger partial charge in [-0.1, -0.05) is 78.6 Å². The van der Waals surface area contributed by atoms with E-state index in [1.807, 2.05) is 36.4 Å². The van der Waals surface area contributed by atoms with Crippen LogP contribution in [0.4, 0.5) is 5.69 Å². The molecule has 0 atom stereocenters. The lowest BCUT2D eigenvalue weighted by molar-refractivity contribution is -0.668. The summed E-state index contributed by atoms with van der Waals surface area (Å²) in [6.07, 6.45) is 9.91. The third-order valence-corrected chi connectivity index (χ3v) is 10.1. The Balaban J connectivity index is 1.46. The Morgan fingerprint density at radius 3 is 2.52 bits per heavy atom. The standard InChI is InChI=1S/C33H34N2O4S3/c1-4-24(22-33-35(18-9-19-42(36,37)38)29-23-27(39-3)15-17-31(29)41-33)21-32-34(5-2)28-20-26(14-16-30(28)40-32)13-12-25-10-7-6-8-11-25/h6-8,10-17,20-23H,4-5,9,18-19H2,1-3H3/p+1/b13-12+. The highest BCUT2D eigenvalue weighted by atomic mass is 32.2. The molecule has 3 aromatic carbocycles. The third kappa shape index (κ3) is 7.15. The zero-order chi connectivity index (χ0) is 29.7. The fourth-order valence-electron chi connectivity index (χ4n) is 4.93. The van der Waals surface area contributed by atoms with Crippen LogP contribution in [0.15, 0.2) is 88.3 Å². The molecule has 0 saturated heterocycles. The minimum Gasteiger partial charge on any atom is -0.497 e. The predicted octanol–water partition coefficient (Wildman–Crippen LogP) is 7.91. The molecule has 42 heavy (non-hydrogen) atoms. The molecule has 0 aliphatic carbocycles. The Morgan fingerprint density at radius 2 is 1.81 bits per heavy atom. The number of hydrogen-bond donors (Lipinski definition) is 1. The molecule has 0 spiro atoms. The second kappa shape index (κ2) is 13.3. The zero-order valence-electron chi connectivity index (χ0n) is 24.0. The molecule has 0 radical (unpaired) electrons. The van der Waals surface area contributed by atoms with E-state index in [4.69, 9.17) is 4.74 Å². The van der Waals surface area contributed by atoms with Gasteiger partial charge in [0.25, 0.3) is 15.1 Å². The van der Waals surface area contributed by atoms with Crippen LogP contribution in [0.2, 0.25) is 0 Å². The van der Waals surface area contributed by atoms with E-state index < -0.39 is 10.1 Å². The smallest absolute Gasteiger partial charge is 0.265 e. The fraction of sp³-hybridized carbons (Fsp3) is 0.242. The van der Waals surface area contributed by atoms with Gasteiger partial charge < -0.3 is 9.64 Å². The SMILES string of the molecule is CCC(=C\c1sc2ccc(OC)cc2[n+]1CCCS(=O)(=O)O)/C=C1/Sc2ccc(/C=C/c3ccccc3)cc2N1CC. The van der Waals surface area contributed by atoms with E-state index in [0.29, 0.717) is 13.0 Å². The third-order valence-electron chi connectivity index (χ3n) is 7.09. The van der Waals surface area contributed by atoms with Gasteiger partial charge in [-0.25, -0.2) is 0 Å². The summed E-state index contributed by atoms with van der Waals surface area (Å²) in [4.78, 5) is 3.60. The summed E-state index contributed by atoms with van der Waals surface area (Å²) in [5, 5.41) is 2.21. The van der Waals surface area contributed by atoms with Crippen molar-refractivity contribution in [2.75, 3.05) is 24.3 Å². The highest BCUT2D eigenvalue weighted by Gasteiger charge is 2.25. The molecule has 0 saturated carbocycles. The van der Waals surface area contributed by atoms with Crippen LogP contribution in [-0.2, 0) is 16.7 Å². The highest BCUT2D eigenvalue weighted by Crippen LogP contribution is 2.47. The molecule has 0 bridgehead atoms. The summed E-state index contributed by atoms with van der Waals surface area (Å²) in [7, 11) is -2.39. The van der Waals surface area contributed by atoms with E-state index >= 15 is 0 Å². The number of aryl methyl sites for hydroxylation is 1. The van der Waals surface area contributed by atoms with Gasteiger partial charge >= 0.3 is 0 Å². The van der Waals surface area contributed by atoms with Crippen LogP contribution < -0.4 is 14.2 Å². The Morgan fingerprint density at radius 1 is 1.02 bits per heavy atom. The van der Waals surface area contributed by atoms with E-state index in [1.54, 1.807) is 30.2 Å². The van der Waals surface area contributed by atoms with Crippen molar-refractivity contribution in [2.45, 2.75) is 38.1 Å². The van der Waals surface area contributed by atoms with Crippen LogP contribution in [-0.4, -0.2) is 32.4 Å². The summed E-state index contributed by atoms with van der Waals surface area (Å²) in [6.45, 7) is 5.64. The van der Waals surface area contributed by atoms with Gasteiger partial charge in [0, 0.05) is 23.9 Å². The van der Waals surface area contributed by atoms with E-state index in [-0.39, 0.29) is 5.75 Å². The quantitative estimate of drug-likeness (QED) is 0.105. The van der Waals surface area contributed by atoms with Crippen molar-refractivity contribution in [3.05, 3.63) is 99.5 Å². The maximum atomic E-state index is 11.4. The largest absolute Gasteiger partial charge is 0.497 e. The van der Waals surface area contributed by atoms with E-state index in [2.05, 4.69) is 78.0 Å². The first-order valence-electron chi connectivity index (χ1n) is 14.0. The Labute approximate surface area is 256 Å². The fourth-order valence-corrected chi connectivity index (χ4v) is 7.75. The topological polar surface area (TPSA) is 70.7 Å². The molecule has 0 unspecified atom stereocenters. The van der Waals surface area contributed by atoms with E-state index in [1.165, 1.54) is 26.7 Å². The van der Waals surface area contributed by atoms with Gasteiger partial charge in [-0.15, -0.1) is 0 Å². The number of thioether (sulfide) groups is 1. The van der Waals surface area contributed by atoms with Gasteiger partial charge in [0.15, 0.2) is 6.54 Å². The number of rotatable bonds is 11. The van der Waals surface area contributed by atoms with Crippen LogP contribution >= 0.6 is 23.1 Å². The van der Waals surface area contributed by atoms with E-state index in [9.17, 15) is 13.0 Å². The number of thiazole rings is 1. The Kier molecular flexibility index (Phi) is 9.53. The summed E-state index contributed by atoms with van der Waals surface area (Å²) < 4.78 is 40.8. The first kappa shape index (κ1) is 30.1. The van der Waals surface area contributed by atoms with Crippen LogP contribution in [0.25, 0.3) is 28.4 Å². The molecule has 4 aromatic rings. The lowest BCUT2D eigenvalue weighted by atomic mass is 10.1. The summed E-state index contributed by atoms with van der Waals surface area (Å²) >= 11 is 3.45. The van der Waals surface area contributed by atoms with Gasteiger partial charge in [-0.2, -0.15) is 13.0 Å². The highest BCUT2D eigenvalue weighted by molar-refractivity contribution is 8.03. The number of nitrogens with zero attached hydrogens (tertiary/aromatic N) is 2. The minimum atomic E-state index is -4.03. The van der Waals surface area contributed by atoms with Gasteiger partial charge in [-0.05, 0) is 60.4 Å². The molecule has 1 aliphatic heterocycles. The molecule has 0 fully saturated rings. The maximum absolute atomic E-state index is 11.4. The Bertz CT molecular complexity index is 1770. The maximum Gasteiger partial charge on any atom is 0.265 e. The van der Waals surface area contributed by atoms with Crippen molar-refractivity contribution in [1.82, 2.24) is 0 Å². The average molecular weight is 620 g/mol. The number of allylic oxidation sites excluding steroid dienone is 2. The molecule has 218 valence electrons. The molecule has 1 N–H and O–H groups in total. The number of fused-ring (bicyclic) bond motifs is 2. The first-order chi connectivity index (χ1) is 20.3. The van der Waals surface area contributed by atoms with E-state index in [0.717, 1.165) is 39.5 Å². The number of aromatic nitrogens is 1. The predicted molar refractivity (Wildman–Crippen MR) is 177 cm³/mol. The minimum absolute atomic E-state index is 0.280. The van der Waals surface area contributed by atoms with Gasteiger partial charge in [0.1, 0.15) is 10.4 Å². The lowest BCUT2D eigenvalue weighted by Gasteiger charge is -2.18. The Hall–Kier alpha value is -3.37. The molecule has 9 heteroatoms. The second-order valence-corrected chi connectivity index (χ2v) is 13.6. The van der Waals surface area contributed by atoms with Crippen LogP contribution in [0.1, 0.15) is 42.8 Å². The molecular formula is C33H35N2O4S3+. The summed E-state index contributed by atoms with van der Waals surface area (Å²) in [5.41, 5.74) is 5.71. The number of anilines is 1. The van der Waals surface area contributed by atoms with Crippen molar-refractivity contribution in [3.63, 3.8) is 0 Å². The lowest BCUT2D eigenvalue weighted by Crippen LogP contribution is -2.36. The van der Waals surface area contributed by atoms with Crippen LogP contribution in [0, 0.1) is 0 Å². The summed E-state index contributed by atoms with van der Waals surface area (Å²) in [5.74, 6) is 0.465. The van der Waals surface area contributed by atoms with Crippen molar-refractivity contribution in [2.24, 2.45) is 0 Å². The molecule has 1 aliphatic rings. The average Bonchev–Trinajstić information content (AvgIpc) is 3.51. The van der Waals surface area contributed by atoms with Gasteiger partial charge in [-0.3, -0.25) is 4.55 Å². The van der Waals surface area contributed by atoms with Crippen molar-refractivity contribution in [1.29, 1.82) is 0 Å². The number of ether oxygens (including phenoxy) is 1. The van der Waals surface area contributed by atoms with Crippen LogP contribution in [0.5, 0.6) is 5.75 Å². The van der Waals surface area contributed by atoms with Crippen LogP contribution in [0.3, 0.4) is 0 Å². The van der Waals surface area contributed by atoms with Gasteiger partial charge in [0.2, 0.25) is 5.52 Å². The van der Waals surface area contributed by atoms with Crippen molar-refractivity contribution < 1.29 is 22.3 Å². The van der Waals surface area contributed by atoms with Crippen molar-refractivity contribution >= 4 is 67.3 Å². The molecule has 5 rings (SSSR count). The number of hydrogen-bond acceptors (Lipinski definition) is 6. The normalized spacial score (nSPS) is 14.8. The molecule has 0 amide bonds. The van der Waals surface area contributed by atoms with Crippen molar-refractivity contribution in [3.8, 4) is 5.75 Å². The molecule has 1 aromatic heterocycles. The number of benzene rings is 3. The van der Waals surface area contributed by atoms with Gasteiger partial charge in [0.05, 0.1) is 29.6 Å². The zero-order valence-corrected chi connectivity index (χ0v) is 26.4. The number of methoxy groups -OCH3 is 1. The monoisotopic (exact) mass is 619 g/mol. The molecule has 2 heterocycles. The molecular weight excluding hydrogens is 585 g/mol. The summed E-state index contributed by atoms with van der Waals surface area (Å²) in [6, 6.07) is 22.9.